The molecule has 0 spiro atoms. The molecular weight excluding hydrogens is 334 g/mol. The molecule has 25 heavy (non-hydrogen) atoms. The maximum absolute atomic E-state index is 12.8. The van der Waals surface area contributed by atoms with Crippen molar-refractivity contribution in [3.05, 3.63) is 52.5 Å². The molecule has 4 atom stereocenters. The summed E-state index contributed by atoms with van der Waals surface area (Å²) in [4.78, 5) is 17.2. The Bertz CT molecular complexity index is 633. The number of likely N-dealkylation sites (N-methyl/N-ethyl adjacent to an activating group) is 1. The Morgan fingerprint density at radius 3 is 2.56 bits per heavy atom. The standard InChI is InChI=1S/C19H27N3O2S/c1-13(17(24-4)14(2)20-3)18(23)22-16(19-21-10-11-25-19)12-15-8-6-5-7-9-15/h5-11,13-14,16-17,20H,12H2,1-4H3,(H,22,23). The first kappa shape index (κ1) is 19.6. The minimum atomic E-state index is -0.273. The zero-order valence-electron chi connectivity index (χ0n) is 15.2. The summed E-state index contributed by atoms with van der Waals surface area (Å²) in [6.07, 6.45) is 2.29. The number of hydrogen-bond donors (Lipinski definition) is 2. The Kier molecular flexibility index (Phi) is 7.55. The number of aromatic nitrogens is 1. The van der Waals surface area contributed by atoms with Gasteiger partial charge in [-0.1, -0.05) is 37.3 Å². The van der Waals surface area contributed by atoms with E-state index in [2.05, 4.69) is 27.8 Å². The van der Waals surface area contributed by atoms with E-state index in [4.69, 9.17) is 4.74 Å². The minimum absolute atomic E-state index is 0.0231. The van der Waals surface area contributed by atoms with Gasteiger partial charge >= 0.3 is 0 Å². The summed E-state index contributed by atoms with van der Waals surface area (Å²) in [5.74, 6) is -0.296. The van der Waals surface area contributed by atoms with E-state index in [0.29, 0.717) is 6.42 Å². The van der Waals surface area contributed by atoms with Gasteiger partial charge in [-0.3, -0.25) is 4.79 Å². The molecule has 0 aliphatic heterocycles. The number of nitrogens with zero attached hydrogens (tertiary/aromatic N) is 1. The van der Waals surface area contributed by atoms with Crippen LogP contribution in [0.3, 0.4) is 0 Å². The summed E-state index contributed by atoms with van der Waals surface area (Å²) in [5, 5.41) is 9.17. The van der Waals surface area contributed by atoms with Crippen LogP contribution in [0.5, 0.6) is 0 Å². The zero-order valence-corrected chi connectivity index (χ0v) is 16.0. The molecule has 1 heterocycles. The summed E-state index contributed by atoms with van der Waals surface area (Å²) in [5.41, 5.74) is 1.17. The molecule has 1 aromatic heterocycles. The van der Waals surface area contributed by atoms with Gasteiger partial charge in [-0.2, -0.15) is 0 Å². The Morgan fingerprint density at radius 1 is 1.28 bits per heavy atom. The summed E-state index contributed by atoms with van der Waals surface area (Å²) >= 11 is 1.56. The molecule has 1 amide bonds. The third kappa shape index (κ3) is 5.36. The molecule has 0 aliphatic carbocycles. The van der Waals surface area contributed by atoms with Crippen LogP contribution in [-0.4, -0.2) is 37.2 Å². The number of ether oxygens (including phenoxy) is 1. The van der Waals surface area contributed by atoms with Gasteiger partial charge in [0, 0.05) is 24.7 Å². The van der Waals surface area contributed by atoms with E-state index in [1.165, 1.54) is 5.56 Å². The Morgan fingerprint density at radius 2 is 2.00 bits per heavy atom. The third-order valence-corrected chi connectivity index (χ3v) is 5.36. The van der Waals surface area contributed by atoms with Crippen LogP contribution in [0.2, 0.25) is 0 Å². The number of hydrogen-bond acceptors (Lipinski definition) is 5. The van der Waals surface area contributed by atoms with Crippen LogP contribution in [0.1, 0.15) is 30.5 Å². The zero-order chi connectivity index (χ0) is 18.2. The summed E-state index contributed by atoms with van der Waals surface area (Å²) in [6, 6.07) is 10.1. The molecule has 0 saturated heterocycles. The smallest absolute Gasteiger partial charge is 0.226 e. The lowest BCUT2D eigenvalue weighted by atomic mass is 9.97. The first-order chi connectivity index (χ1) is 12.1. The molecule has 6 heteroatoms. The molecule has 0 aliphatic rings. The lowest BCUT2D eigenvalue weighted by Crippen LogP contribution is -2.47. The van der Waals surface area contributed by atoms with Crippen LogP contribution >= 0.6 is 11.3 Å². The quantitative estimate of drug-likeness (QED) is 0.721. The van der Waals surface area contributed by atoms with E-state index < -0.39 is 0 Å². The third-order valence-electron chi connectivity index (χ3n) is 4.48. The maximum atomic E-state index is 12.8. The number of methoxy groups -OCH3 is 1. The Balaban J connectivity index is 2.12. The van der Waals surface area contributed by atoms with Crippen molar-refractivity contribution in [2.75, 3.05) is 14.2 Å². The van der Waals surface area contributed by atoms with Crippen LogP contribution in [-0.2, 0) is 16.0 Å². The monoisotopic (exact) mass is 361 g/mol. The van der Waals surface area contributed by atoms with Gasteiger partial charge in [-0.25, -0.2) is 4.98 Å². The number of thiazole rings is 1. The number of carbonyl (C=O) groups is 1. The van der Waals surface area contributed by atoms with E-state index in [1.54, 1.807) is 24.6 Å². The molecule has 2 rings (SSSR count). The second-order valence-electron chi connectivity index (χ2n) is 6.19. The summed E-state index contributed by atoms with van der Waals surface area (Å²) in [7, 11) is 3.51. The average Bonchev–Trinajstić information content (AvgIpc) is 3.16. The fraction of sp³-hybridized carbons (Fsp3) is 0.474. The van der Waals surface area contributed by atoms with Crippen molar-refractivity contribution in [3.8, 4) is 0 Å². The highest BCUT2D eigenvalue weighted by atomic mass is 32.1. The van der Waals surface area contributed by atoms with Gasteiger partial charge in [0.25, 0.3) is 0 Å². The van der Waals surface area contributed by atoms with Gasteiger partial charge in [-0.15, -0.1) is 11.3 Å². The van der Waals surface area contributed by atoms with Crippen molar-refractivity contribution < 1.29 is 9.53 Å². The predicted octanol–water partition coefficient (Wildman–Crippen LogP) is 2.80. The van der Waals surface area contributed by atoms with Crippen molar-refractivity contribution in [1.82, 2.24) is 15.6 Å². The molecule has 136 valence electrons. The maximum Gasteiger partial charge on any atom is 0.226 e. The normalized spacial score (nSPS) is 16.0. The lowest BCUT2D eigenvalue weighted by Gasteiger charge is -2.28. The van der Waals surface area contributed by atoms with Gasteiger partial charge in [-0.05, 0) is 26.0 Å². The molecule has 2 N–H and O–H groups in total. The van der Waals surface area contributed by atoms with E-state index in [-0.39, 0.29) is 30.0 Å². The van der Waals surface area contributed by atoms with E-state index >= 15 is 0 Å². The average molecular weight is 362 g/mol. The van der Waals surface area contributed by atoms with Crippen molar-refractivity contribution >= 4 is 17.2 Å². The second kappa shape index (κ2) is 9.65. The minimum Gasteiger partial charge on any atom is -0.379 e. The highest BCUT2D eigenvalue weighted by Gasteiger charge is 2.30. The second-order valence-corrected chi connectivity index (χ2v) is 7.11. The molecule has 5 nitrogen and oxygen atoms in total. The van der Waals surface area contributed by atoms with Crippen LogP contribution in [0.25, 0.3) is 0 Å². The van der Waals surface area contributed by atoms with Crippen molar-refractivity contribution in [2.45, 2.75) is 38.5 Å². The van der Waals surface area contributed by atoms with Crippen LogP contribution in [0.4, 0.5) is 0 Å². The molecule has 0 bridgehead atoms. The van der Waals surface area contributed by atoms with E-state index in [9.17, 15) is 4.79 Å². The fourth-order valence-corrected chi connectivity index (χ4v) is 3.60. The topological polar surface area (TPSA) is 63.2 Å². The van der Waals surface area contributed by atoms with Crippen LogP contribution in [0, 0.1) is 5.92 Å². The molecule has 2 aromatic rings. The lowest BCUT2D eigenvalue weighted by molar-refractivity contribution is -0.130. The van der Waals surface area contributed by atoms with Crippen molar-refractivity contribution in [2.24, 2.45) is 5.92 Å². The van der Waals surface area contributed by atoms with Crippen LogP contribution < -0.4 is 10.6 Å². The summed E-state index contributed by atoms with van der Waals surface area (Å²) in [6.45, 7) is 3.92. The van der Waals surface area contributed by atoms with Crippen molar-refractivity contribution in [3.63, 3.8) is 0 Å². The van der Waals surface area contributed by atoms with Gasteiger partial charge in [0.05, 0.1) is 18.1 Å². The Hall–Kier alpha value is -1.76. The van der Waals surface area contributed by atoms with E-state index in [0.717, 1.165) is 5.01 Å². The number of rotatable bonds is 9. The predicted molar refractivity (Wildman–Crippen MR) is 102 cm³/mol. The van der Waals surface area contributed by atoms with Gasteiger partial charge < -0.3 is 15.4 Å². The highest BCUT2D eigenvalue weighted by Crippen LogP contribution is 2.22. The molecule has 1 aromatic carbocycles. The molecule has 4 unspecified atom stereocenters. The fourth-order valence-electron chi connectivity index (χ4n) is 2.91. The first-order valence-corrected chi connectivity index (χ1v) is 9.38. The molecule has 0 radical (unpaired) electrons. The van der Waals surface area contributed by atoms with E-state index in [1.807, 2.05) is 44.5 Å². The Labute approximate surface area is 153 Å². The molecule has 0 fully saturated rings. The number of nitrogens with one attached hydrogen (secondary N) is 2. The number of benzene rings is 1. The van der Waals surface area contributed by atoms with Crippen LogP contribution in [0.15, 0.2) is 41.9 Å². The largest absolute Gasteiger partial charge is 0.379 e. The van der Waals surface area contributed by atoms with Gasteiger partial charge in [0.1, 0.15) is 5.01 Å². The van der Waals surface area contributed by atoms with Crippen molar-refractivity contribution in [1.29, 1.82) is 0 Å². The SMILES string of the molecule is CNC(C)C(OC)C(C)C(=O)NC(Cc1ccccc1)c1nccs1. The van der Waals surface area contributed by atoms with Gasteiger partial charge in [0.2, 0.25) is 5.91 Å². The number of carbonyl (C=O) groups excluding carboxylic acids is 1. The molecule has 0 saturated carbocycles. The first-order valence-electron chi connectivity index (χ1n) is 8.50. The molecular formula is C19H27N3O2S. The summed E-state index contributed by atoms with van der Waals surface area (Å²) < 4.78 is 5.54. The number of amides is 1. The van der Waals surface area contributed by atoms with Gasteiger partial charge in [0.15, 0.2) is 0 Å². The highest BCUT2D eigenvalue weighted by molar-refractivity contribution is 7.09.